The fourth-order valence-electron chi connectivity index (χ4n) is 4.44. The Morgan fingerprint density at radius 2 is 1.89 bits per heavy atom. The van der Waals surface area contributed by atoms with E-state index in [1.807, 2.05) is 18.7 Å². The standard InChI is InChI=1S/C21H28N4O2/c1-3-20-19(15(2)27-23-20)9-22-21(26)25-13-17-11-24(12-18(17)14-25)10-16-7-5-4-6-8-16/h4-8,17-18H,3,9-14H2,1-2H3,(H,22,26)/t17-,18+. The second-order valence-corrected chi connectivity index (χ2v) is 7.78. The van der Waals surface area contributed by atoms with Gasteiger partial charge >= 0.3 is 6.03 Å². The Labute approximate surface area is 160 Å². The maximum Gasteiger partial charge on any atom is 0.317 e. The number of hydrogen-bond acceptors (Lipinski definition) is 4. The van der Waals surface area contributed by atoms with Crippen LogP contribution in [0.3, 0.4) is 0 Å². The monoisotopic (exact) mass is 368 g/mol. The van der Waals surface area contributed by atoms with Gasteiger partial charge in [0.25, 0.3) is 0 Å². The Bertz CT molecular complexity index is 775. The fraction of sp³-hybridized carbons (Fsp3) is 0.524. The maximum atomic E-state index is 12.6. The van der Waals surface area contributed by atoms with Crippen LogP contribution < -0.4 is 5.32 Å². The van der Waals surface area contributed by atoms with E-state index in [0.29, 0.717) is 18.4 Å². The van der Waals surface area contributed by atoms with E-state index in [0.717, 1.165) is 56.2 Å². The lowest BCUT2D eigenvalue weighted by molar-refractivity contribution is 0.198. The van der Waals surface area contributed by atoms with Crippen LogP contribution in [0, 0.1) is 18.8 Å². The molecule has 0 unspecified atom stereocenters. The Morgan fingerprint density at radius 1 is 1.19 bits per heavy atom. The lowest BCUT2D eigenvalue weighted by atomic mass is 10.0. The molecule has 0 spiro atoms. The molecule has 1 N–H and O–H groups in total. The van der Waals surface area contributed by atoms with Gasteiger partial charge in [0, 0.05) is 44.8 Å². The van der Waals surface area contributed by atoms with Crippen molar-refractivity contribution in [3.63, 3.8) is 0 Å². The van der Waals surface area contributed by atoms with E-state index >= 15 is 0 Å². The van der Waals surface area contributed by atoms with Crippen LogP contribution in [-0.4, -0.2) is 47.2 Å². The molecule has 4 rings (SSSR count). The molecule has 2 aliphatic heterocycles. The first kappa shape index (κ1) is 18.0. The predicted octanol–water partition coefficient (Wildman–Crippen LogP) is 2.82. The van der Waals surface area contributed by atoms with Crippen LogP contribution in [0.2, 0.25) is 0 Å². The zero-order chi connectivity index (χ0) is 18.8. The minimum absolute atomic E-state index is 0.0293. The molecule has 0 saturated carbocycles. The summed E-state index contributed by atoms with van der Waals surface area (Å²) >= 11 is 0. The summed E-state index contributed by atoms with van der Waals surface area (Å²) in [6.45, 7) is 9.30. The molecule has 3 heterocycles. The van der Waals surface area contributed by atoms with E-state index in [9.17, 15) is 4.79 Å². The average molecular weight is 368 g/mol. The molecule has 144 valence electrons. The number of aromatic nitrogens is 1. The van der Waals surface area contributed by atoms with Crippen molar-refractivity contribution in [2.45, 2.75) is 33.4 Å². The number of fused-ring (bicyclic) bond motifs is 1. The molecule has 0 aliphatic carbocycles. The first-order chi connectivity index (χ1) is 13.1. The average Bonchev–Trinajstić information content (AvgIpc) is 3.33. The fourth-order valence-corrected chi connectivity index (χ4v) is 4.44. The van der Waals surface area contributed by atoms with Gasteiger partial charge in [-0.15, -0.1) is 0 Å². The van der Waals surface area contributed by atoms with Gasteiger partial charge in [-0.25, -0.2) is 4.79 Å². The molecule has 1 aromatic carbocycles. The first-order valence-corrected chi connectivity index (χ1v) is 9.87. The van der Waals surface area contributed by atoms with Crippen LogP contribution in [0.15, 0.2) is 34.9 Å². The van der Waals surface area contributed by atoms with Gasteiger partial charge in [-0.1, -0.05) is 42.4 Å². The molecule has 6 nitrogen and oxygen atoms in total. The maximum absolute atomic E-state index is 12.6. The zero-order valence-corrected chi connectivity index (χ0v) is 16.1. The number of nitrogens with one attached hydrogen (secondary N) is 1. The van der Waals surface area contributed by atoms with Gasteiger partial charge in [0.15, 0.2) is 0 Å². The van der Waals surface area contributed by atoms with Crippen molar-refractivity contribution < 1.29 is 9.32 Å². The van der Waals surface area contributed by atoms with E-state index in [-0.39, 0.29) is 6.03 Å². The lowest BCUT2D eigenvalue weighted by Gasteiger charge is -2.22. The first-order valence-electron chi connectivity index (χ1n) is 9.87. The molecule has 2 saturated heterocycles. The lowest BCUT2D eigenvalue weighted by Crippen LogP contribution is -2.40. The van der Waals surface area contributed by atoms with Gasteiger partial charge in [-0.2, -0.15) is 0 Å². The van der Waals surface area contributed by atoms with Crippen molar-refractivity contribution in [3.8, 4) is 0 Å². The summed E-state index contributed by atoms with van der Waals surface area (Å²) in [7, 11) is 0. The molecule has 2 fully saturated rings. The van der Waals surface area contributed by atoms with Crippen LogP contribution in [0.1, 0.15) is 29.5 Å². The normalized spacial score (nSPS) is 22.2. The van der Waals surface area contributed by atoms with Crippen LogP contribution in [0.5, 0.6) is 0 Å². The van der Waals surface area contributed by atoms with Crippen molar-refractivity contribution in [1.29, 1.82) is 0 Å². The number of carbonyl (C=O) groups is 1. The number of urea groups is 1. The van der Waals surface area contributed by atoms with E-state index in [2.05, 4.69) is 45.7 Å². The van der Waals surface area contributed by atoms with Crippen molar-refractivity contribution in [2.75, 3.05) is 26.2 Å². The number of hydrogen-bond donors (Lipinski definition) is 1. The Hall–Kier alpha value is -2.34. The minimum atomic E-state index is 0.0293. The molecule has 27 heavy (non-hydrogen) atoms. The Morgan fingerprint density at radius 3 is 2.56 bits per heavy atom. The molecule has 0 radical (unpaired) electrons. The summed E-state index contributed by atoms with van der Waals surface area (Å²) in [6, 6.07) is 10.7. The molecule has 2 aliphatic rings. The highest BCUT2D eigenvalue weighted by atomic mass is 16.5. The topological polar surface area (TPSA) is 61.6 Å². The number of rotatable bonds is 5. The van der Waals surface area contributed by atoms with E-state index < -0.39 is 0 Å². The summed E-state index contributed by atoms with van der Waals surface area (Å²) < 4.78 is 5.25. The summed E-state index contributed by atoms with van der Waals surface area (Å²) in [5, 5.41) is 7.11. The van der Waals surface area contributed by atoms with Gasteiger partial charge < -0.3 is 14.7 Å². The van der Waals surface area contributed by atoms with Crippen molar-refractivity contribution in [2.24, 2.45) is 11.8 Å². The van der Waals surface area contributed by atoms with Crippen molar-refractivity contribution >= 4 is 6.03 Å². The molecule has 2 atom stereocenters. The second kappa shape index (κ2) is 7.72. The van der Waals surface area contributed by atoms with Gasteiger partial charge in [0.05, 0.1) is 5.69 Å². The van der Waals surface area contributed by atoms with Crippen molar-refractivity contribution in [3.05, 3.63) is 52.9 Å². The summed E-state index contributed by atoms with van der Waals surface area (Å²) in [5.74, 6) is 1.97. The van der Waals surface area contributed by atoms with Gasteiger partial charge in [-0.3, -0.25) is 4.90 Å². The highest BCUT2D eigenvalue weighted by molar-refractivity contribution is 5.74. The molecule has 2 aromatic rings. The number of benzene rings is 1. The van der Waals surface area contributed by atoms with Crippen LogP contribution >= 0.6 is 0 Å². The molecule has 2 amide bonds. The van der Waals surface area contributed by atoms with Gasteiger partial charge in [0.2, 0.25) is 0 Å². The number of nitrogens with zero attached hydrogens (tertiary/aromatic N) is 3. The minimum Gasteiger partial charge on any atom is -0.361 e. The Kier molecular flexibility index (Phi) is 5.16. The number of aryl methyl sites for hydroxylation is 2. The zero-order valence-electron chi connectivity index (χ0n) is 16.1. The second-order valence-electron chi connectivity index (χ2n) is 7.78. The highest BCUT2D eigenvalue weighted by Crippen LogP contribution is 2.32. The summed E-state index contributed by atoms with van der Waals surface area (Å²) in [5.41, 5.74) is 3.31. The third-order valence-corrected chi connectivity index (χ3v) is 5.92. The third kappa shape index (κ3) is 3.86. The van der Waals surface area contributed by atoms with Crippen LogP contribution in [0.25, 0.3) is 0 Å². The number of amides is 2. The van der Waals surface area contributed by atoms with Crippen LogP contribution in [0.4, 0.5) is 4.79 Å². The molecule has 6 heteroatoms. The summed E-state index contributed by atoms with van der Waals surface area (Å²) in [4.78, 5) is 17.1. The smallest absolute Gasteiger partial charge is 0.317 e. The molecule has 1 aromatic heterocycles. The predicted molar refractivity (Wildman–Crippen MR) is 103 cm³/mol. The highest BCUT2D eigenvalue weighted by Gasteiger charge is 2.41. The molecule has 0 bridgehead atoms. The Balaban J connectivity index is 1.27. The van der Waals surface area contributed by atoms with Gasteiger partial charge in [-0.05, 0) is 30.7 Å². The van der Waals surface area contributed by atoms with E-state index in [1.165, 1.54) is 5.56 Å². The SMILES string of the molecule is CCc1noc(C)c1CNC(=O)N1C[C@H]2CN(Cc3ccccc3)C[C@H]2C1. The molecular weight excluding hydrogens is 340 g/mol. The van der Waals surface area contributed by atoms with E-state index in [1.54, 1.807) is 0 Å². The number of carbonyl (C=O) groups excluding carboxylic acids is 1. The largest absolute Gasteiger partial charge is 0.361 e. The van der Waals surface area contributed by atoms with Gasteiger partial charge in [0.1, 0.15) is 5.76 Å². The van der Waals surface area contributed by atoms with E-state index in [4.69, 9.17) is 4.52 Å². The van der Waals surface area contributed by atoms with Crippen LogP contribution in [-0.2, 0) is 19.5 Å². The van der Waals surface area contributed by atoms with Crippen molar-refractivity contribution in [1.82, 2.24) is 20.3 Å². The molecular formula is C21H28N4O2. The third-order valence-electron chi connectivity index (χ3n) is 5.92. The number of likely N-dealkylation sites (tertiary alicyclic amines) is 2. The summed E-state index contributed by atoms with van der Waals surface area (Å²) in [6.07, 6.45) is 0.813. The quantitative estimate of drug-likeness (QED) is 0.882.